The molecule has 0 aromatic carbocycles. The number of esters is 1. The highest BCUT2D eigenvalue weighted by molar-refractivity contribution is 6.25. The third-order valence-corrected chi connectivity index (χ3v) is 8.27. The van der Waals surface area contributed by atoms with Gasteiger partial charge in [0.15, 0.2) is 0 Å². The van der Waals surface area contributed by atoms with E-state index < -0.39 is 47.5 Å². The van der Waals surface area contributed by atoms with Crippen LogP contribution in [0.1, 0.15) is 91.9 Å². The molecule has 1 spiro atoms. The predicted octanol–water partition coefficient (Wildman–Crippen LogP) is 2.45. The smallest absolute Gasteiger partial charge is 0.408 e. The average Bonchev–Trinajstić information content (AvgIpc) is 3.33. The summed E-state index contributed by atoms with van der Waals surface area (Å²) < 4.78 is 11.3. The van der Waals surface area contributed by atoms with E-state index in [-0.39, 0.29) is 30.6 Å². The minimum atomic E-state index is -1.13. The predicted molar refractivity (Wildman–Crippen MR) is 143 cm³/mol. The van der Waals surface area contributed by atoms with Crippen molar-refractivity contribution in [1.29, 1.82) is 5.53 Å². The van der Waals surface area contributed by atoms with E-state index in [1.165, 1.54) is 6.92 Å². The molecule has 3 rings (SSSR count). The van der Waals surface area contributed by atoms with Crippen LogP contribution in [0.5, 0.6) is 0 Å². The van der Waals surface area contributed by atoms with Crippen LogP contribution in [0.4, 0.5) is 4.79 Å². The number of fused-ring (bicyclic) bond motifs is 1. The van der Waals surface area contributed by atoms with Crippen LogP contribution in [0, 0.1) is 22.8 Å². The van der Waals surface area contributed by atoms with Crippen LogP contribution >= 0.6 is 0 Å². The van der Waals surface area contributed by atoms with Crippen LogP contribution in [0.15, 0.2) is 0 Å². The van der Waals surface area contributed by atoms with Gasteiger partial charge in [-0.25, -0.2) is 9.59 Å². The van der Waals surface area contributed by atoms with E-state index in [2.05, 4.69) is 27.7 Å². The lowest BCUT2D eigenvalue weighted by Crippen LogP contribution is -2.52. The SMILES string of the molecule is CC(=O)NCCCC[C@H](NC(=O)OC12CC3CC(C)CC1(C3)C2)C(=O)N[C@@H](CCC(=O)C=[N+]=N)C(=O)OC(C)C. The minimum absolute atomic E-state index is 0.0486. The first-order valence-electron chi connectivity index (χ1n) is 14.4. The summed E-state index contributed by atoms with van der Waals surface area (Å²) in [5.41, 5.74) is 6.41. The van der Waals surface area contributed by atoms with Gasteiger partial charge >= 0.3 is 18.3 Å². The molecule has 0 aromatic rings. The van der Waals surface area contributed by atoms with Crippen molar-refractivity contribution in [3.8, 4) is 0 Å². The van der Waals surface area contributed by atoms with E-state index in [9.17, 15) is 24.0 Å². The largest absolute Gasteiger partial charge is 0.461 e. The third-order valence-electron chi connectivity index (χ3n) is 8.27. The molecule has 6 atom stereocenters. The summed E-state index contributed by atoms with van der Waals surface area (Å²) in [5.74, 6) is -0.729. The number of ether oxygens (including phenoxy) is 2. The lowest BCUT2D eigenvalue weighted by atomic mass is 9.77. The Labute approximate surface area is 235 Å². The van der Waals surface area contributed by atoms with Crippen LogP contribution in [-0.4, -0.2) is 71.0 Å². The Balaban J connectivity index is 1.65. The fourth-order valence-electron chi connectivity index (χ4n) is 6.77. The van der Waals surface area contributed by atoms with Crippen molar-refractivity contribution in [3.63, 3.8) is 0 Å². The first kappa shape index (κ1) is 31.3. The Kier molecular flexibility index (Phi) is 10.5. The topological polar surface area (TPSA) is 178 Å². The van der Waals surface area contributed by atoms with Crippen molar-refractivity contribution in [2.45, 2.75) is 116 Å². The lowest BCUT2D eigenvalue weighted by molar-refractivity contribution is -0.152. The normalized spacial score (nSPS) is 27.3. The number of Topliss-reactive ketones (excluding diaryl/α,β-unsaturated/α-hetero) is 1. The molecule has 12 nitrogen and oxygen atoms in total. The van der Waals surface area contributed by atoms with Gasteiger partial charge < -0.3 is 25.4 Å². The summed E-state index contributed by atoms with van der Waals surface area (Å²) >= 11 is 0. The van der Waals surface area contributed by atoms with Crippen molar-refractivity contribution in [2.24, 2.45) is 17.3 Å². The molecular weight excluding hydrogens is 518 g/mol. The lowest BCUT2D eigenvalue weighted by Gasteiger charge is -2.27. The molecule has 0 aliphatic heterocycles. The van der Waals surface area contributed by atoms with E-state index in [1.807, 2.05) is 0 Å². The van der Waals surface area contributed by atoms with Crippen LogP contribution in [0.25, 0.3) is 0 Å². The molecule has 222 valence electrons. The number of nitrogens with one attached hydrogen (secondary N) is 4. The van der Waals surface area contributed by atoms with E-state index in [1.54, 1.807) is 13.8 Å². The molecule has 3 aliphatic carbocycles. The maximum absolute atomic E-state index is 13.4. The van der Waals surface area contributed by atoms with Gasteiger partial charge in [-0.15, -0.1) is 0 Å². The second-order valence-corrected chi connectivity index (χ2v) is 12.1. The zero-order valence-electron chi connectivity index (χ0n) is 24.0. The molecule has 2 bridgehead atoms. The molecule has 4 N–H and O–H groups in total. The minimum Gasteiger partial charge on any atom is -0.461 e. The van der Waals surface area contributed by atoms with Gasteiger partial charge in [0.05, 0.1) is 16.4 Å². The molecule has 0 saturated heterocycles. The molecule has 0 heterocycles. The monoisotopic (exact) mass is 562 g/mol. The molecule has 40 heavy (non-hydrogen) atoms. The number of amides is 3. The first-order chi connectivity index (χ1) is 18.9. The fourth-order valence-corrected chi connectivity index (χ4v) is 6.77. The molecule has 0 radical (unpaired) electrons. The summed E-state index contributed by atoms with van der Waals surface area (Å²) in [4.78, 5) is 65.2. The number of nitrogens with zero attached hydrogens (tertiary/aromatic N) is 1. The van der Waals surface area contributed by atoms with Crippen LogP contribution in [-0.2, 0) is 28.7 Å². The van der Waals surface area contributed by atoms with Gasteiger partial charge in [0.2, 0.25) is 17.6 Å². The number of carbonyl (C=O) groups excluding carboxylic acids is 5. The van der Waals surface area contributed by atoms with Gasteiger partial charge in [-0.1, -0.05) is 6.92 Å². The molecule has 3 saturated carbocycles. The Hall–Kier alpha value is -3.27. The van der Waals surface area contributed by atoms with Crippen LogP contribution < -0.4 is 16.0 Å². The quantitative estimate of drug-likeness (QED) is 0.0778. The number of unbranched alkanes of at least 4 members (excludes halogenated alkanes) is 1. The summed E-state index contributed by atoms with van der Waals surface area (Å²) in [6.45, 7) is 7.45. The Bertz CT molecular complexity index is 1040. The van der Waals surface area contributed by atoms with Crippen molar-refractivity contribution < 1.29 is 38.2 Å². The summed E-state index contributed by atoms with van der Waals surface area (Å²) in [6, 6.07) is -2.12. The highest BCUT2D eigenvalue weighted by Crippen LogP contribution is 2.76. The number of ketones is 1. The highest BCUT2D eigenvalue weighted by Gasteiger charge is 2.76. The number of rotatable bonds is 15. The second kappa shape index (κ2) is 13.4. The third kappa shape index (κ3) is 8.13. The number of alkyl carbamates (subject to hydrolysis) is 1. The highest BCUT2D eigenvalue weighted by atomic mass is 16.6. The zero-order chi connectivity index (χ0) is 29.5. The van der Waals surface area contributed by atoms with Gasteiger partial charge in [0.25, 0.3) is 0 Å². The average molecular weight is 563 g/mol. The van der Waals surface area contributed by atoms with Gasteiger partial charge in [0.1, 0.15) is 17.7 Å². The van der Waals surface area contributed by atoms with Crippen molar-refractivity contribution in [2.75, 3.05) is 6.54 Å². The van der Waals surface area contributed by atoms with Crippen molar-refractivity contribution >= 4 is 35.9 Å². The summed E-state index contributed by atoms with van der Waals surface area (Å²) in [5, 5.41) is 8.08. The number of hydrogen-bond donors (Lipinski definition) is 4. The summed E-state index contributed by atoms with van der Waals surface area (Å²) in [7, 11) is 0. The maximum Gasteiger partial charge on any atom is 0.408 e. The Morgan fingerprint density at radius 1 is 1.05 bits per heavy atom. The Morgan fingerprint density at radius 3 is 2.48 bits per heavy atom. The molecule has 4 unspecified atom stereocenters. The summed E-state index contributed by atoms with van der Waals surface area (Å²) in [6.07, 6.45) is 5.95. The number of carbonyl (C=O) groups is 5. The van der Waals surface area contributed by atoms with E-state index in [0.717, 1.165) is 38.3 Å². The van der Waals surface area contributed by atoms with E-state index in [0.29, 0.717) is 31.2 Å². The van der Waals surface area contributed by atoms with E-state index >= 15 is 0 Å². The molecule has 0 aromatic heterocycles. The van der Waals surface area contributed by atoms with Gasteiger partial charge in [-0.3, -0.25) is 14.4 Å². The standard InChI is InChI=1S/C28H43N5O7/c1-17(2)39-25(37)23(9-8-21(35)15-31-29)32-24(36)22(7-5-6-10-30-19(4)34)33-26(38)40-28-14-20-11-18(3)12-27(28,13-20)16-28/h15,17-18,20,22-23,29H,5-14,16H2,1-4H3,(H2-,30,32,33,34,36,38)/p+1/t18?,20?,22-,23-,27?,28?/m0/s1. The van der Waals surface area contributed by atoms with Crippen molar-refractivity contribution in [3.05, 3.63) is 0 Å². The van der Waals surface area contributed by atoms with E-state index in [4.69, 9.17) is 15.0 Å². The van der Waals surface area contributed by atoms with Gasteiger partial charge in [-0.05, 0) is 83.5 Å². The van der Waals surface area contributed by atoms with Gasteiger partial charge in [0, 0.05) is 25.3 Å². The van der Waals surface area contributed by atoms with Crippen LogP contribution in [0.3, 0.4) is 0 Å². The van der Waals surface area contributed by atoms with Gasteiger partial charge in [-0.2, -0.15) is 0 Å². The second-order valence-electron chi connectivity index (χ2n) is 12.1. The Morgan fingerprint density at radius 2 is 1.80 bits per heavy atom. The van der Waals surface area contributed by atoms with Crippen molar-refractivity contribution in [1.82, 2.24) is 16.0 Å². The van der Waals surface area contributed by atoms with Crippen LogP contribution in [0.2, 0.25) is 0 Å². The maximum atomic E-state index is 13.4. The first-order valence-corrected chi connectivity index (χ1v) is 14.4. The molecular formula is C28H44N5O7+. The zero-order valence-corrected chi connectivity index (χ0v) is 24.0. The molecule has 3 fully saturated rings. The molecule has 3 amide bonds. The molecule has 3 aliphatic rings. The number of hydrogen-bond acceptors (Lipinski definition) is 8. The molecule has 12 heteroatoms. The fraction of sp³-hybridized carbons (Fsp3) is 0.786.